The zero-order chi connectivity index (χ0) is 12.4. The summed E-state index contributed by atoms with van der Waals surface area (Å²) < 4.78 is 0. The van der Waals surface area contributed by atoms with Gasteiger partial charge in [0.15, 0.2) is 0 Å². The summed E-state index contributed by atoms with van der Waals surface area (Å²) in [4.78, 5) is 0. The molecule has 0 saturated heterocycles. The topological polar surface area (TPSA) is 60.7 Å². The monoisotopic (exact) mass is 272 g/mol. The highest BCUT2D eigenvalue weighted by molar-refractivity contribution is 6.18. The quantitative estimate of drug-likeness (QED) is 0.533. The summed E-state index contributed by atoms with van der Waals surface area (Å²) in [6.07, 6.45) is 2.00. The number of aliphatic hydroxyl groups excluding tert-OH is 3. The lowest BCUT2D eigenvalue weighted by atomic mass is 10.0. The molecule has 0 spiro atoms. The maximum absolute atomic E-state index is 9.60. The van der Waals surface area contributed by atoms with E-state index < -0.39 is 18.3 Å². The molecule has 0 rings (SSSR count). The van der Waals surface area contributed by atoms with Gasteiger partial charge in [-0.05, 0) is 38.5 Å². The first-order valence-corrected chi connectivity index (χ1v) is 6.83. The van der Waals surface area contributed by atoms with Crippen LogP contribution in [-0.2, 0) is 0 Å². The Balaban J connectivity index is 3.46. The summed E-state index contributed by atoms with van der Waals surface area (Å²) in [5, 5.41) is 28.4. The average molecular weight is 273 g/mol. The van der Waals surface area contributed by atoms with Gasteiger partial charge < -0.3 is 15.3 Å². The first kappa shape index (κ1) is 16.5. The summed E-state index contributed by atoms with van der Waals surface area (Å²) in [7, 11) is 0. The molecule has 0 amide bonds. The molecule has 2 unspecified atom stereocenters. The van der Waals surface area contributed by atoms with Crippen LogP contribution in [0.1, 0.15) is 38.5 Å². The molecule has 0 radical (unpaired) electrons. The molecule has 0 fully saturated rings. The van der Waals surface area contributed by atoms with Crippen LogP contribution in [0.15, 0.2) is 0 Å². The average Bonchev–Trinajstić information content (AvgIpc) is 2.24. The predicted molar refractivity (Wildman–Crippen MR) is 67.2 cm³/mol. The van der Waals surface area contributed by atoms with E-state index in [0.29, 0.717) is 50.3 Å². The Bertz CT molecular complexity index is 142. The molecule has 0 saturated carbocycles. The van der Waals surface area contributed by atoms with Crippen molar-refractivity contribution >= 4 is 23.2 Å². The van der Waals surface area contributed by atoms with Crippen molar-refractivity contribution in [2.75, 3.05) is 11.8 Å². The second kappa shape index (κ2) is 10.6. The molecule has 5 heteroatoms. The van der Waals surface area contributed by atoms with Crippen molar-refractivity contribution in [1.29, 1.82) is 0 Å². The van der Waals surface area contributed by atoms with Gasteiger partial charge in [0.25, 0.3) is 0 Å². The smallest absolute Gasteiger partial charge is 0.0552 e. The van der Waals surface area contributed by atoms with Crippen LogP contribution in [0.5, 0.6) is 0 Å². The molecule has 0 aromatic carbocycles. The van der Waals surface area contributed by atoms with Crippen molar-refractivity contribution in [3.8, 4) is 0 Å². The number of rotatable bonds is 10. The molecule has 2 atom stereocenters. The van der Waals surface area contributed by atoms with E-state index in [2.05, 4.69) is 0 Å². The van der Waals surface area contributed by atoms with Crippen molar-refractivity contribution in [3.05, 3.63) is 0 Å². The molecule has 0 aliphatic rings. The first-order chi connectivity index (χ1) is 7.60. The molecule has 0 aliphatic heterocycles. The lowest BCUT2D eigenvalue weighted by Crippen LogP contribution is -2.16. The Morgan fingerprint density at radius 3 is 1.06 bits per heavy atom. The number of alkyl halides is 2. The van der Waals surface area contributed by atoms with Crippen molar-refractivity contribution in [1.82, 2.24) is 0 Å². The van der Waals surface area contributed by atoms with Gasteiger partial charge in [0.1, 0.15) is 0 Å². The molecule has 0 heterocycles. The molecule has 3 N–H and O–H groups in total. The van der Waals surface area contributed by atoms with Crippen LogP contribution < -0.4 is 0 Å². The molecule has 16 heavy (non-hydrogen) atoms. The van der Waals surface area contributed by atoms with Gasteiger partial charge in [0.05, 0.1) is 18.3 Å². The fraction of sp³-hybridized carbons (Fsp3) is 1.00. The van der Waals surface area contributed by atoms with Crippen LogP contribution >= 0.6 is 23.2 Å². The lowest BCUT2D eigenvalue weighted by molar-refractivity contribution is 0.0869. The fourth-order valence-corrected chi connectivity index (χ4v) is 1.96. The zero-order valence-corrected chi connectivity index (χ0v) is 11.0. The van der Waals surface area contributed by atoms with Gasteiger partial charge in [-0.1, -0.05) is 0 Å². The number of halogens is 2. The summed E-state index contributed by atoms with van der Waals surface area (Å²) in [6, 6.07) is 0. The van der Waals surface area contributed by atoms with E-state index in [9.17, 15) is 15.3 Å². The van der Waals surface area contributed by atoms with Crippen LogP contribution in [0.3, 0.4) is 0 Å². The van der Waals surface area contributed by atoms with Crippen LogP contribution in [0.2, 0.25) is 0 Å². The van der Waals surface area contributed by atoms with Gasteiger partial charge in [-0.25, -0.2) is 0 Å². The summed E-state index contributed by atoms with van der Waals surface area (Å²) in [5.41, 5.74) is 0. The largest absolute Gasteiger partial charge is 0.393 e. The number of hydrogen-bond donors (Lipinski definition) is 3. The molecular formula is C11H22Cl2O3. The van der Waals surface area contributed by atoms with Crippen LogP contribution in [0, 0.1) is 0 Å². The van der Waals surface area contributed by atoms with Crippen LogP contribution in [0.4, 0.5) is 0 Å². The molecular weight excluding hydrogens is 251 g/mol. The van der Waals surface area contributed by atoms with Crippen molar-refractivity contribution < 1.29 is 15.3 Å². The maximum atomic E-state index is 9.60. The zero-order valence-electron chi connectivity index (χ0n) is 9.49. The summed E-state index contributed by atoms with van der Waals surface area (Å²) >= 11 is 11.0. The summed E-state index contributed by atoms with van der Waals surface area (Å²) in [5.74, 6) is 0.872. The van der Waals surface area contributed by atoms with Gasteiger partial charge in [-0.2, -0.15) is 0 Å². The molecule has 0 aromatic heterocycles. The Morgan fingerprint density at radius 1 is 0.562 bits per heavy atom. The van der Waals surface area contributed by atoms with Gasteiger partial charge in [0.2, 0.25) is 0 Å². The third-order valence-electron chi connectivity index (χ3n) is 2.55. The highest BCUT2D eigenvalue weighted by atomic mass is 35.5. The molecule has 3 nitrogen and oxygen atoms in total. The second-order valence-corrected chi connectivity index (χ2v) is 4.83. The summed E-state index contributed by atoms with van der Waals surface area (Å²) in [6.45, 7) is 0. The normalized spacial score (nSPS) is 17.1. The van der Waals surface area contributed by atoms with Crippen LogP contribution in [-0.4, -0.2) is 45.4 Å². The number of aliphatic hydroxyl groups is 3. The van der Waals surface area contributed by atoms with Gasteiger partial charge in [0, 0.05) is 11.8 Å². The predicted octanol–water partition coefficient (Wildman–Crippen LogP) is 1.89. The maximum Gasteiger partial charge on any atom is 0.0552 e. The minimum absolute atomic E-state index is 0.431. The fourth-order valence-electron chi connectivity index (χ4n) is 1.45. The number of hydrogen-bond acceptors (Lipinski definition) is 3. The van der Waals surface area contributed by atoms with Gasteiger partial charge >= 0.3 is 0 Å². The van der Waals surface area contributed by atoms with Gasteiger partial charge in [-0.3, -0.25) is 0 Å². The SMILES string of the molecule is OC(CCCl)CCC(O)CCC(O)CCCl. The van der Waals surface area contributed by atoms with E-state index in [1.807, 2.05) is 0 Å². The van der Waals surface area contributed by atoms with Crippen molar-refractivity contribution in [2.24, 2.45) is 0 Å². The van der Waals surface area contributed by atoms with E-state index in [1.165, 1.54) is 0 Å². The third-order valence-corrected chi connectivity index (χ3v) is 2.99. The van der Waals surface area contributed by atoms with E-state index in [4.69, 9.17) is 23.2 Å². The van der Waals surface area contributed by atoms with Crippen molar-refractivity contribution in [2.45, 2.75) is 56.8 Å². The highest BCUT2D eigenvalue weighted by Crippen LogP contribution is 2.12. The third kappa shape index (κ3) is 9.67. The Morgan fingerprint density at radius 2 is 0.812 bits per heavy atom. The van der Waals surface area contributed by atoms with Gasteiger partial charge in [-0.15, -0.1) is 23.2 Å². The van der Waals surface area contributed by atoms with Crippen LogP contribution in [0.25, 0.3) is 0 Å². The lowest BCUT2D eigenvalue weighted by Gasteiger charge is -2.15. The van der Waals surface area contributed by atoms with E-state index in [0.717, 1.165) is 0 Å². The Labute approximate surface area is 107 Å². The molecule has 0 aromatic rings. The van der Waals surface area contributed by atoms with Crippen molar-refractivity contribution in [3.63, 3.8) is 0 Å². The minimum Gasteiger partial charge on any atom is -0.393 e. The Kier molecular flexibility index (Phi) is 10.9. The Hall–Kier alpha value is 0.460. The first-order valence-electron chi connectivity index (χ1n) is 5.76. The minimum atomic E-state index is -0.463. The van der Waals surface area contributed by atoms with E-state index in [1.54, 1.807) is 0 Å². The van der Waals surface area contributed by atoms with E-state index >= 15 is 0 Å². The second-order valence-electron chi connectivity index (χ2n) is 4.07. The standard InChI is InChI=1S/C11H22Cl2O3/c12-7-5-10(15)3-1-9(14)2-4-11(16)6-8-13/h9-11,14-16H,1-8H2. The van der Waals surface area contributed by atoms with E-state index in [-0.39, 0.29) is 0 Å². The molecule has 98 valence electrons. The molecule has 0 bridgehead atoms. The molecule has 0 aliphatic carbocycles. The highest BCUT2D eigenvalue weighted by Gasteiger charge is 2.11.